The summed E-state index contributed by atoms with van der Waals surface area (Å²) in [7, 11) is 1.55. The highest BCUT2D eigenvalue weighted by Gasteiger charge is 2.42. The summed E-state index contributed by atoms with van der Waals surface area (Å²) in [5.74, 6) is 0.677. The van der Waals surface area contributed by atoms with Crippen molar-refractivity contribution in [1.29, 1.82) is 0 Å². The summed E-state index contributed by atoms with van der Waals surface area (Å²) in [6.45, 7) is 7.24. The third-order valence-electron chi connectivity index (χ3n) is 5.85. The number of piperidine rings is 2. The lowest BCUT2D eigenvalue weighted by atomic mass is 9.73. The number of rotatable bonds is 4. The zero-order chi connectivity index (χ0) is 19.6. The molecule has 1 atom stereocenters. The quantitative estimate of drug-likeness (QED) is 0.803. The van der Waals surface area contributed by atoms with Crippen LogP contribution in [0.2, 0.25) is 0 Å². The number of likely N-dealkylation sites (tertiary alicyclic amines) is 2. The molecule has 2 aliphatic heterocycles. The molecule has 1 unspecified atom stereocenters. The second-order valence-corrected chi connectivity index (χ2v) is 8.51. The number of carbonyl (C=O) groups is 2. The van der Waals surface area contributed by atoms with Gasteiger partial charge in [-0.3, -0.25) is 14.4 Å². The second-order valence-electron chi connectivity index (χ2n) is 8.51. The van der Waals surface area contributed by atoms with Gasteiger partial charge in [-0.15, -0.1) is 0 Å². The van der Waals surface area contributed by atoms with E-state index in [1.165, 1.54) is 16.8 Å². The van der Waals surface area contributed by atoms with Crippen LogP contribution in [0.5, 0.6) is 0 Å². The third kappa shape index (κ3) is 4.39. The van der Waals surface area contributed by atoms with Crippen LogP contribution in [-0.2, 0) is 11.8 Å². The number of hydrogen-bond donors (Lipinski definition) is 0. The van der Waals surface area contributed by atoms with Gasteiger partial charge in [0.2, 0.25) is 5.91 Å². The first kappa shape index (κ1) is 19.6. The van der Waals surface area contributed by atoms with Crippen molar-refractivity contribution in [3.8, 4) is 0 Å². The van der Waals surface area contributed by atoms with E-state index in [1.807, 2.05) is 9.80 Å². The summed E-state index contributed by atoms with van der Waals surface area (Å²) in [5, 5.41) is 4.11. The van der Waals surface area contributed by atoms with E-state index in [2.05, 4.69) is 18.9 Å². The molecule has 27 heavy (non-hydrogen) atoms. The summed E-state index contributed by atoms with van der Waals surface area (Å²) in [6.07, 6.45) is 4.39. The minimum absolute atomic E-state index is 0.0144. The van der Waals surface area contributed by atoms with E-state index in [9.17, 15) is 14.4 Å². The van der Waals surface area contributed by atoms with Crippen molar-refractivity contribution < 1.29 is 9.59 Å². The molecule has 1 aromatic heterocycles. The fraction of sp³-hybridized carbons (Fsp3) is 0.700. The second kappa shape index (κ2) is 7.82. The molecule has 1 aromatic rings. The summed E-state index contributed by atoms with van der Waals surface area (Å²) in [6, 6.07) is 2.89. The lowest BCUT2D eigenvalue weighted by Gasteiger charge is -2.48. The normalized spacial score (nSPS) is 23.3. The molecule has 7 heteroatoms. The largest absolute Gasteiger partial charge is 0.342 e. The highest BCUT2D eigenvalue weighted by Crippen LogP contribution is 2.39. The molecule has 148 valence electrons. The van der Waals surface area contributed by atoms with Gasteiger partial charge >= 0.3 is 0 Å². The smallest absolute Gasteiger partial charge is 0.274 e. The van der Waals surface area contributed by atoms with Gasteiger partial charge < -0.3 is 9.80 Å². The molecule has 2 saturated heterocycles. The molecule has 2 aliphatic rings. The first-order chi connectivity index (χ1) is 12.8. The Morgan fingerprint density at radius 3 is 2.70 bits per heavy atom. The Hall–Kier alpha value is -2.18. The van der Waals surface area contributed by atoms with E-state index in [1.54, 1.807) is 7.05 Å². The van der Waals surface area contributed by atoms with E-state index >= 15 is 0 Å². The van der Waals surface area contributed by atoms with Gasteiger partial charge in [-0.05, 0) is 37.7 Å². The molecule has 2 amide bonds. The number of amides is 2. The van der Waals surface area contributed by atoms with Crippen LogP contribution in [0.15, 0.2) is 16.9 Å². The van der Waals surface area contributed by atoms with Crippen molar-refractivity contribution in [1.82, 2.24) is 19.6 Å². The molecule has 3 rings (SSSR count). The molecular formula is C20H30N4O3. The molecule has 0 N–H and O–H groups in total. The van der Waals surface area contributed by atoms with Gasteiger partial charge in [0.1, 0.15) is 5.69 Å². The van der Waals surface area contributed by atoms with Crippen LogP contribution in [-0.4, -0.2) is 57.6 Å². The summed E-state index contributed by atoms with van der Waals surface area (Å²) < 4.78 is 1.19. The van der Waals surface area contributed by atoms with Crippen molar-refractivity contribution in [2.24, 2.45) is 18.4 Å². The molecule has 0 bridgehead atoms. The average molecular weight is 374 g/mol. The first-order valence-electron chi connectivity index (χ1n) is 9.91. The van der Waals surface area contributed by atoms with Crippen molar-refractivity contribution in [3.63, 3.8) is 0 Å². The average Bonchev–Trinajstić information content (AvgIpc) is 2.64. The maximum absolute atomic E-state index is 12.9. The Labute approximate surface area is 160 Å². The molecule has 0 saturated carbocycles. The van der Waals surface area contributed by atoms with E-state index in [-0.39, 0.29) is 22.8 Å². The molecule has 0 aromatic carbocycles. The number of carbonyl (C=O) groups excluding carboxylic acids is 2. The van der Waals surface area contributed by atoms with Gasteiger partial charge in [-0.2, -0.15) is 5.10 Å². The number of aryl methyl sites for hydroxylation is 1. The fourth-order valence-electron chi connectivity index (χ4n) is 4.21. The van der Waals surface area contributed by atoms with Crippen molar-refractivity contribution in [3.05, 3.63) is 28.2 Å². The van der Waals surface area contributed by atoms with Crippen LogP contribution in [0.4, 0.5) is 0 Å². The molecule has 2 fully saturated rings. The molecule has 1 spiro atoms. The summed E-state index contributed by atoms with van der Waals surface area (Å²) in [4.78, 5) is 40.6. The molecule has 3 heterocycles. The van der Waals surface area contributed by atoms with Gasteiger partial charge in [0.15, 0.2) is 0 Å². The Balaban J connectivity index is 1.72. The Morgan fingerprint density at radius 1 is 1.22 bits per heavy atom. The maximum Gasteiger partial charge on any atom is 0.274 e. The van der Waals surface area contributed by atoms with Crippen molar-refractivity contribution in [2.45, 2.75) is 46.0 Å². The van der Waals surface area contributed by atoms with Crippen molar-refractivity contribution in [2.75, 3.05) is 26.2 Å². The maximum atomic E-state index is 12.9. The Kier molecular flexibility index (Phi) is 5.67. The van der Waals surface area contributed by atoms with Crippen molar-refractivity contribution >= 4 is 11.8 Å². The summed E-state index contributed by atoms with van der Waals surface area (Å²) in [5.41, 5.74) is 0.0605. The highest BCUT2D eigenvalue weighted by molar-refractivity contribution is 5.92. The monoisotopic (exact) mass is 374 g/mol. The number of nitrogens with zero attached hydrogens (tertiary/aromatic N) is 4. The van der Waals surface area contributed by atoms with E-state index in [4.69, 9.17) is 0 Å². The van der Waals surface area contributed by atoms with Gasteiger partial charge in [0.05, 0.1) is 0 Å². The van der Waals surface area contributed by atoms with Gasteiger partial charge in [0.25, 0.3) is 11.5 Å². The first-order valence-corrected chi connectivity index (χ1v) is 9.91. The number of aromatic nitrogens is 2. The SMILES string of the molecule is CC(C)CCN1CC2(CCCN(C(=O)c3ccc(=O)n(C)n3)C2)CCC1=O. The van der Waals surface area contributed by atoms with Crippen LogP contribution in [0.1, 0.15) is 56.4 Å². The zero-order valence-corrected chi connectivity index (χ0v) is 16.6. The van der Waals surface area contributed by atoms with Crippen LogP contribution in [0, 0.1) is 11.3 Å². The van der Waals surface area contributed by atoms with Crippen LogP contribution >= 0.6 is 0 Å². The third-order valence-corrected chi connectivity index (χ3v) is 5.85. The predicted octanol–water partition coefficient (Wildman–Crippen LogP) is 1.67. The summed E-state index contributed by atoms with van der Waals surface area (Å²) >= 11 is 0. The Morgan fingerprint density at radius 2 is 2.00 bits per heavy atom. The van der Waals surface area contributed by atoms with Crippen LogP contribution in [0.25, 0.3) is 0 Å². The van der Waals surface area contributed by atoms with Gasteiger partial charge in [0, 0.05) is 51.1 Å². The lowest BCUT2D eigenvalue weighted by molar-refractivity contribution is -0.139. The number of hydrogen-bond acceptors (Lipinski definition) is 4. The molecule has 0 aliphatic carbocycles. The van der Waals surface area contributed by atoms with E-state index in [0.717, 1.165) is 38.8 Å². The lowest BCUT2D eigenvalue weighted by Crippen LogP contribution is -2.55. The molecule has 7 nitrogen and oxygen atoms in total. The van der Waals surface area contributed by atoms with Crippen LogP contribution < -0.4 is 5.56 Å². The zero-order valence-electron chi connectivity index (χ0n) is 16.6. The standard InChI is InChI=1S/C20H30N4O3/c1-15(2)8-12-23-13-20(10-7-18(23)26)9-4-11-24(14-20)19(27)16-5-6-17(25)22(3)21-16/h5-6,15H,4,7-14H2,1-3H3. The molecular weight excluding hydrogens is 344 g/mol. The predicted molar refractivity (Wildman–Crippen MR) is 102 cm³/mol. The van der Waals surface area contributed by atoms with E-state index < -0.39 is 0 Å². The fourth-order valence-corrected chi connectivity index (χ4v) is 4.21. The van der Waals surface area contributed by atoms with Gasteiger partial charge in [-0.25, -0.2) is 4.68 Å². The highest BCUT2D eigenvalue weighted by atomic mass is 16.2. The minimum Gasteiger partial charge on any atom is -0.342 e. The minimum atomic E-state index is -0.228. The Bertz CT molecular complexity index is 773. The topological polar surface area (TPSA) is 75.5 Å². The van der Waals surface area contributed by atoms with E-state index in [0.29, 0.717) is 31.1 Å². The molecule has 0 radical (unpaired) electrons. The van der Waals surface area contributed by atoms with Gasteiger partial charge in [-0.1, -0.05) is 13.8 Å². The van der Waals surface area contributed by atoms with Crippen LogP contribution in [0.3, 0.4) is 0 Å².